The summed E-state index contributed by atoms with van der Waals surface area (Å²) in [6, 6.07) is 0. The minimum atomic E-state index is -0.441. The average molecular weight is 282 g/mol. The van der Waals surface area contributed by atoms with Gasteiger partial charge in [0.1, 0.15) is 6.10 Å². The molecule has 1 N–H and O–H groups in total. The van der Waals surface area contributed by atoms with Crippen LogP contribution < -0.4 is 0 Å². The summed E-state index contributed by atoms with van der Waals surface area (Å²) in [5.41, 5.74) is -0.441. The first kappa shape index (κ1) is 15.8. The van der Waals surface area contributed by atoms with E-state index >= 15 is 0 Å². The molecule has 3 heteroatoms. The minimum Gasteiger partial charge on any atom is -0.462 e. The fourth-order valence-corrected chi connectivity index (χ4v) is 4.14. The first-order valence-electron chi connectivity index (χ1n) is 8.27. The van der Waals surface area contributed by atoms with E-state index in [2.05, 4.69) is 6.92 Å². The Morgan fingerprint density at radius 2 is 1.95 bits per heavy atom. The number of carbonyl (C=O) groups excluding carboxylic acids is 1. The molecule has 2 aliphatic rings. The number of carbonyl (C=O) groups is 1. The number of aliphatic hydroxyl groups is 1. The Morgan fingerprint density at radius 3 is 2.55 bits per heavy atom. The highest BCUT2D eigenvalue weighted by Gasteiger charge is 2.35. The van der Waals surface area contributed by atoms with E-state index in [0.29, 0.717) is 11.8 Å². The molecule has 2 aliphatic carbocycles. The second-order valence-electron chi connectivity index (χ2n) is 7.39. The maximum atomic E-state index is 11.2. The Hall–Kier alpha value is -0.570. The number of esters is 1. The highest BCUT2D eigenvalue weighted by atomic mass is 16.5. The predicted octanol–water partition coefficient (Wildman–Crippen LogP) is 3.69. The van der Waals surface area contributed by atoms with Crippen LogP contribution in [0, 0.1) is 17.8 Å². The third-order valence-corrected chi connectivity index (χ3v) is 5.49. The topological polar surface area (TPSA) is 46.5 Å². The molecule has 3 atom stereocenters. The lowest BCUT2D eigenvalue weighted by Crippen LogP contribution is -2.33. The molecule has 0 aromatic carbocycles. The standard InChI is InChI=1S/C17H30O3/c1-12(14-7-9-17(3,19)10-8-14)11-15-5-4-6-16(15)20-13(2)18/h12,14-16,19H,4-11H2,1-3H3/t12-,14-,15+,16+,17+/m1/s1. The molecule has 0 saturated heterocycles. The van der Waals surface area contributed by atoms with Crippen LogP contribution in [0.15, 0.2) is 0 Å². The lowest BCUT2D eigenvalue weighted by Gasteiger charge is -2.37. The molecule has 0 heterocycles. The minimum absolute atomic E-state index is 0.136. The van der Waals surface area contributed by atoms with Gasteiger partial charge >= 0.3 is 5.97 Å². The molecule has 20 heavy (non-hydrogen) atoms. The van der Waals surface area contributed by atoms with Crippen molar-refractivity contribution in [3.05, 3.63) is 0 Å². The first-order chi connectivity index (χ1) is 9.37. The maximum Gasteiger partial charge on any atom is 0.302 e. The number of hydrogen-bond donors (Lipinski definition) is 1. The van der Waals surface area contributed by atoms with Gasteiger partial charge in [0.05, 0.1) is 5.60 Å². The highest BCUT2D eigenvalue weighted by molar-refractivity contribution is 5.66. The molecule has 0 radical (unpaired) electrons. The van der Waals surface area contributed by atoms with Crippen LogP contribution in [0.1, 0.15) is 72.1 Å². The molecule has 0 bridgehead atoms. The van der Waals surface area contributed by atoms with Crippen molar-refractivity contribution in [2.24, 2.45) is 17.8 Å². The third-order valence-electron chi connectivity index (χ3n) is 5.49. The van der Waals surface area contributed by atoms with Gasteiger partial charge in [0, 0.05) is 6.92 Å². The molecule has 0 aromatic heterocycles. The van der Waals surface area contributed by atoms with Gasteiger partial charge in [0.2, 0.25) is 0 Å². The van der Waals surface area contributed by atoms with Crippen LogP contribution in [0.5, 0.6) is 0 Å². The molecule has 2 rings (SSSR count). The molecular weight excluding hydrogens is 252 g/mol. The Labute approximate surface area is 123 Å². The van der Waals surface area contributed by atoms with E-state index in [-0.39, 0.29) is 12.1 Å². The van der Waals surface area contributed by atoms with Gasteiger partial charge < -0.3 is 9.84 Å². The summed E-state index contributed by atoms with van der Waals surface area (Å²) in [6.45, 7) is 5.82. The van der Waals surface area contributed by atoms with Crippen molar-refractivity contribution in [2.75, 3.05) is 0 Å². The summed E-state index contributed by atoms with van der Waals surface area (Å²) in [7, 11) is 0. The summed E-state index contributed by atoms with van der Waals surface area (Å²) in [6.07, 6.45) is 8.89. The SMILES string of the molecule is CC(=O)O[C@H]1CCC[C@H]1C[C@@H](C)[C@H]1CC[C@@](C)(O)CC1. The fourth-order valence-electron chi connectivity index (χ4n) is 4.14. The molecule has 116 valence electrons. The lowest BCUT2D eigenvalue weighted by atomic mass is 9.72. The predicted molar refractivity (Wildman–Crippen MR) is 79.3 cm³/mol. The van der Waals surface area contributed by atoms with Crippen LogP contribution >= 0.6 is 0 Å². The summed E-state index contributed by atoms with van der Waals surface area (Å²) in [4.78, 5) is 11.2. The van der Waals surface area contributed by atoms with Gasteiger partial charge in [0.25, 0.3) is 0 Å². The molecule has 2 fully saturated rings. The molecule has 2 saturated carbocycles. The van der Waals surface area contributed by atoms with Crippen molar-refractivity contribution in [1.29, 1.82) is 0 Å². The zero-order valence-electron chi connectivity index (χ0n) is 13.2. The zero-order valence-corrected chi connectivity index (χ0v) is 13.2. The van der Waals surface area contributed by atoms with Crippen LogP contribution in [0.4, 0.5) is 0 Å². The van der Waals surface area contributed by atoms with Gasteiger partial charge in [0.15, 0.2) is 0 Å². The van der Waals surface area contributed by atoms with E-state index in [4.69, 9.17) is 4.74 Å². The molecule has 0 aromatic rings. The number of hydrogen-bond acceptors (Lipinski definition) is 3. The van der Waals surface area contributed by atoms with Crippen molar-refractivity contribution in [2.45, 2.75) is 83.8 Å². The van der Waals surface area contributed by atoms with E-state index in [9.17, 15) is 9.90 Å². The van der Waals surface area contributed by atoms with Crippen molar-refractivity contribution < 1.29 is 14.6 Å². The Morgan fingerprint density at radius 1 is 1.30 bits per heavy atom. The van der Waals surface area contributed by atoms with E-state index in [1.807, 2.05) is 6.92 Å². The van der Waals surface area contributed by atoms with Crippen LogP contribution in [0.3, 0.4) is 0 Å². The van der Waals surface area contributed by atoms with Crippen molar-refractivity contribution in [3.63, 3.8) is 0 Å². The highest BCUT2D eigenvalue weighted by Crippen LogP contribution is 2.40. The lowest BCUT2D eigenvalue weighted by molar-refractivity contribution is -0.148. The van der Waals surface area contributed by atoms with E-state index in [1.54, 1.807) is 0 Å². The van der Waals surface area contributed by atoms with Gasteiger partial charge in [-0.2, -0.15) is 0 Å². The number of ether oxygens (including phenoxy) is 1. The average Bonchev–Trinajstić information content (AvgIpc) is 2.75. The second kappa shape index (κ2) is 6.46. The van der Waals surface area contributed by atoms with E-state index in [1.165, 1.54) is 26.2 Å². The van der Waals surface area contributed by atoms with Crippen molar-refractivity contribution in [3.8, 4) is 0 Å². The van der Waals surface area contributed by atoms with Crippen molar-refractivity contribution in [1.82, 2.24) is 0 Å². The van der Waals surface area contributed by atoms with Gasteiger partial charge in [-0.3, -0.25) is 4.79 Å². The normalized spacial score (nSPS) is 39.5. The third kappa shape index (κ3) is 4.21. The van der Waals surface area contributed by atoms with Gasteiger partial charge in [-0.15, -0.1) is 0 Å². The zero-order chi connectivity index (χ0) is 14.8. The van der Waals surface area contributed by atoms with Crippen LogP contribution in [0.2, 0.25) is 0 Å². The summed E-state index contributed by atoms with van der Waals surface area (Å²) in [5.74, 6) is 1.82. The van der Waals surface area contributed by atoms with Crippen LogP contribution in [-0.2, 0) is 9.53 Å². The van der Waals surface area contributed by atoms with Crippen LogP contribution in [0.25, 0.3) is 0 Å². The summed E-state index contributed by atoms with van der Waals surface area (Å²) >= 11 is 0. The monoisotopic (exact) mass is 282 g/mol. The Kier molecular flexibility index (Phi) is 5.11. The number of rotatable bonds is 4. The summed E-state index contributed by atoms with van der Waals surface area (Å²) in [5, 5.41) is 10.0. The molecule has 0 amide bonds. The second-order valence-corrected chi connectivity index (χ2v) is 7.39. The maximum absolute atomic E-state index is 11.2. The molecular formula is C17H30O3. The summed E-state index contributed by atoms with van der Waals surface area (Å²) < 4.78 is 5.47. The van der Waals surface area contributed by atoms with Gasteiger partial charge in [-0.25, -0.2) is 0 Å². The fraction of sp³-hybridized carbons (Fsp3) is 0.941. The molecule has 0 unspecified atom stereocenters. The molecule has 3 nitrogen and oxygen atoms in total. The van der Waals surface area contributed by atoms with E-state index < -0.39 is 5.60 Å². The first-order valence-corrected chi connectivity index (χ1v) is 8.27. The van der Waals surface area contributed by atoms with Gasteiger partial charge in [-0.1, -0.05) is 6.92 Å². The Bertz CT molecular complexity index is 327. The van der Waals surface area contributed by atoms with Crippen LogP contribution in [-0.4, -0.2) is 22.8 Å². The quantitative estimate of drug-likeness (QED) is 0.800. The molecule has 0 spiro atoms. The smallest absolute Gasteiger partial charge is 0.302 e. The van der Waals surface area contributed by atoms with E-state index in [0.717, 1.165) is 38.0 Å². The largest absolute Gasteiger partial charge is 0.462 e. The van der Waals surface area contributed by atoms with Gasteiger partial charge in [-0.05, 0) is 76.0 Å². The van der Waals surface area contributed by atoms with Crippen molar-refractivity contribution >= 4 is 5.97 Å². The molecule has 0 aliphatic heterocycles. The Balaban J connectivity index is 1.82.